The second-order valence-corrected chi connectivity index (χ2v) is 4.84. The summed E-state index contributed by atoms with van der Waals surface area (Å²) in [5, 5.41) is 18.0. The first-order valence-corrected chi connectivity index (χ1v) is 6.49. The molecule has 0 saturated carbocycles. The molecular formula is C17H16N2O2. The topological polar surface area (TPSA) is 62.0 Å². The average molecular weight is 280 g/mol. The Kier molecular flexibility index (Phi) is 4.28. The number of allylic oxidation sites excluding steroid dienone is 1. The molecule has 1 N–H and O–H groups in total. The Morgan fingerprint density at radius 2 is 1.62 bits per heavy atom. The third-order valence-electron chi connectivity index (χ3n) is 2.96. The highest BCUT2D eigenvalue weighted by molar-refractivity contribution is 5.68. The van der Waals surface area contributed by atoms with Crippen molar-refractivity contribution in [3.05, 3.63) is 70.4 Å². The zero-order chi connectivity index (χ0) is 15.4. The molecular weight excluding hydrogens is 264 g/mol. The molecule has 0 atom stereocenters. The number of aryl methyl sites for hydroxylation is 1. The van der Waals surface area contributed by atoms with E-state index in [1.54, 1.807) is 13.0 Å². The largest absolute Gasteiger partial charge is 0.504 e. The van der Waals surface area contributed by atoms with Gasteiger partial charge in [-0.3, -0.25) is 4.79 Å². The van der Waals surface area contributed by atoms with Crippen LogP contribution < -0.4 is 5.43 Å². The summed E-state index contributed by atoms with van der Waals surface area (Å²) in [5.74, 6) is -0.320. The summed E-state index contributed by atoms with van der Waals surface area (Å²) in [6.45, 7) is 7.47. The minimum absolute atomic E-state index is 0.320. The molecule has 0 bridgehead atoms. The predicted molar refractivity (Wildman–Crippen MR) is 84.4 cm³/mol. The lowest BCUT2D eigenvalue weighted by Gasteiger charge is -1.98. The Balaban J connectivity index is 2.43. The van der Waals surface area contributed by atoms with E-state index in [0.717, 1.165) is 11.3 Å². The van der Waals surface area contributed by atoms with E-state index in [1.165, 1.54) is 12.1 Å². The fourth-order valence-electron chi connectivity index (χ4n) is 1.75. The van der Waals surface area contributed by atoms with Gasteiger partial charge in [-0.25, -0.2) is 0 Å². The van der Waals surface area contributed by atoms with Crippen molar-refractivity contribution in [2.75, 3.05) is 0 Å². The van der Waals surface area contributed by atoms with E-state index in [2.05, 4.69) is 16.8 Å². The summed E-state index contributed by atoms with van der Waals surface area (Å²) in [6.07, 6.45) is 0. The van der Waals surface area contributed by atoms with Gasteiger partial charge in [-0.1, -0.05) is 24.3 Å². The molecule has 0 saturated heterocycles. The maximum atomic E-state index is 11.6. The van der Waals surface area contributed by atoms with Crippen LogP contribution in [0, 0.1) is 6.92 Å². The molecule has 0 spiro atoms. The molecule has 0 unspecified atom stereocenters. The number of azo groups is 1. The molecule has 2 rings (SSSR count). The minimum Gasteiger partial charge on any atom is -0.504 e. The van der Waals surface area contributed by atoms with Crippen molar-refractivity contribution >= 4 is 16.9 Å². The Labute approximate surface area is 123 Å². The molecule has 2 aromatic carbocycles. The summed E-state index contributed by atoms with van der Waals surface area (Å²) in [7, 11) is 0. The van der Waals surface area contributed by atoms with Crippen LogP contribution in [0.1, 0.15) is 18.1 Å². The molecule has 4 nitrogen and oxygen atoms in total. The highest BCUT2D eigenvalue weighted by Gasteiger charge is 2.05. The maximum absolute atomic E-state index is 11.6. The number of hydrogen-bond acceptors (Lipinski definition) is 4. The monoisotopic (exact) mass is 280 g/mol. The lowest BCUT2D eigenvalue weighted by Crippen LogP contribution is -1.95. The molecule has 0 aromatic heterocycles. The fourth-order valence-corrected chi connectivity index (χ4v) is 1.75. The van der Waals surface area contributed by atoms with Crippen LogP contribution in [0.5, 0.6) is 5.75 Å². The number of nitrogens with zero attached hydrogens (tertiary/aromatic N) is 2. The van der Waals surface area contributed by atoms with E-state index in [-0.39, 0.29) is 5.75 Å². The normalized spacial score (nSPS) is 10.8. The molecule has 4 heteroatoms. The summed E-state index contributed by atoms with van der Waals surface area (Å²) < 4.78 is 0. The molecule has 0 radical (unpaired) electrons. The highest BCUT2D eigenvalue weighted by Crippen LogP contribution is 2.25. The number of benzene rings is 1. The van der Waals surface area contributed by atoms with Crippen molar-refractivity contribution in [2.24, 2.45) is 10.2 Å². The van der Waals surface area contributed by atoms with Gasteiger partial charge in [-0.2, -0.15) is 10.2 Å². The molecule has 0 amide bonds. The van der Waals surface area contributed by atoms with Crippen LogP contribution >= 0.6 is 0 Å². The van der Waals surface area contributed by atoms with Crippen molar-refractivity contribution in [1.82, 2.24) is 0 Å². The zero-order valence-electron chi connectivity index (χ0n) is 12.0. The van der Waals surface area contributed by atoms with Gasteiger partial charge in [0.25, 0.3) is 0 Å². The standard InChI is InChI=1S/C17H16N2O2/c1-11(2)15-10-14(8-9-16(20)17(15)21)19-18-13-6-4-12(3)5-7-13/h4-10H,1H2,2-3H3,(H,20,21). The number of hydrogen-bond donors (Lipinski definition) is 1. The highest BCUT2D eigenvalue weighted by atomic mass is 16.3. The summed E-state index contributed by atoms with van der Waals surface area (Å²) in [6, 6.07) is 12.0. The molecule has 2 aromatic rings. The van der Waals surface area contributed by atoms with Crippen molar-refractivity contribution in [3.63, 3.8) is 0 Å². The first kappa shape index (κ1) is 14.7. The van der Waals surface area contributed by atoms with Crippen LogP contribution in [0.2, 0.25) is 0 Å². The molecule has 0 aliphatic rings. The molecule has 106 valence electrons. The van der Waals surface area contributed by atoms with E-state index in [1.807, 2.05) is 31.2 Å². The van der Waals surface area contributed by atoms with Crippen molar-refractivity contribution in [1.29, 1.82) is 0 Å². The van der Waals surface area contributed by atoms with Crippen LogP contribution in [0.3, 0.4) is 0 Å². The van der Waals surface area contributed by atoms with Crippen molar-refractivity contribution in [3.8, 4) is 5.75 Å². The third-order valence-corrected chi connectivity index (χ3v) is 2.96. The SMILES string of the molecule is C=C(C)c1cc(N=Nc2ccc(C)cc2)ccc(=O)c1O. The lowest BCUT2D eigenvalue weighted by molar-refractivity contribution is 0.469. The van der Waals surface area contributed by atoms with Crippen molar-refractivity contribution in [2.45, 2.75) is 13.8 Å². The summed E-state index contributed by atoms with van der Waals surface area (Å²) >= 11 is 0. The van der Waals surface area contributed by atoms with E-state index in [4.69, 9.17) is 0 Å². The Morgan fingerprint density at radius 3 is 2.24 bits per heavy atom. The maximum Gasteiger partial charge on any atom is 0.220 e. The van der Waals surface area contributed by atoms with E-state index < -0.39 is 5.43 Å². The van der Waals surface area contributed by atoms with Crippen LogP contribution in [0.4, 0.5) is 11.4 Å². The van der Waals surface area contributed by atoms with E-state index in [9.17, 15) is 9.90 Å². The minimum atomic E-state index is -0.468. The number of rotatable bonds is 3. The first-order chi connectivity index (χ1) is 9.97. The van der Waals surface area contributed by atoms with Gasteiger partial charge in [0.2, 0.25) is 5.43 Å². The van der Waals surface area contributed by atoms with Gasteiger partial charge < -0.3 is 5.11 Å². The smallest absolute Gasteiger partial charge is 0.220 e. The van der Waals surface area contributed by atoms with Crippen LogP contribution in [-0.4, -0.2) is 5.11 Å². The Bertz CT molecular complexity index is 763. The molecule has 21 heavy (non-hydrogen) atoms. The average Bonchev–Trinajstić information content (AvgIpc) is 2.60. The zero-order valence-corrected chi connectivity index (χ0v) is 12.0. The molecule has 0 heterocycles. The van der Waals surface area contributed by atoms with Gasteiger partial charge in [0.05, 0.1) is 11.4 Å². The number of aromatic hydroxyl groups is 1. The van der Waals surface area contributed by atoms with Crippen LogP contribution in [-0.2, 0) is 0 Å². The fraction of sp³-hybridized carbons (Fsp3) is 0.118. The van der Waals surface area contributed by atoms with Gasteiger partial charge in [-0.15, -0.1) is 0 Å². The third kappa shape index (κ3) is 3.63. The van der Waals surface area contributed by atoms with Gasteiger partial charge in [-0.05, 0) is 49.8 Å². The molecule has 0 aliphatic heterocycles. The predicted octanol–water partition coefficient (Wildman–Crippen LogP) is 4.51. The molecule has 0 aliphatic carbocycles. The Hall–Kier alpha value is -2.75. The first-order valence-electron chi connectivity index (χ1n) is 6.49. The van der Waals surface area contributed by atoms with Gasteiger partial charge in [0.15, 0.2) is 5.75 Å². The summed E-state index contributed by atoms with van der Waals surface area (Å²) in [5.41, 5.74) is 2.84. The Morgan fingerprint density at radius 1 is 1.05 bits per heavy atom. The van der Waals surface area contributed by atoms with Crippen molar-refractivity contribution < 1.29 is 5.11 Å². The van der Waals surface area contributed by atoms with Crippen LogP contribution in [0.15, 0.2) is 64.1 Å². The van der Waals surface area contributed by atoms with Gasteiger partial charge in [0.1, 0.15) is 0 Å². The lowest BCUT2D eigenvalue weighted by atomic mass is 10.1. The molecule has 0 fully saturated rings. The quantitative estimate of drug-likeness (QED) is 0.841. The van der Waals surface area contributed by atoms with E-state index in [0.29, 0.717) is 16.8 Å². The van der Waals surface area contributed by atoms with E-state index >= 15 is 0 Å². The van der Waals surface area contributed by atoms with Crippen LogP contribution in [0.25, 0.3) is 5.57 Å². The second kappa shape index (κ2) is 6.13. The van der Waals surface area contributed by atoms with Gasteiger partial charge >= 0.3 is 0 Å². The van der Waals surface area contributed by atoms with Gasteiger partial charge in [0, 0.05) is 5.56 Å². The summed E-state index contributed by atoms with van der Waals surface area (Å²) in [4.78, 5) is 11.6. The second-order valence-electron chi connectivity index (χ2n) is 4.84.